The number of rotatable bonds is 9. The fourth-order valence-corrected chi connectivity index (χ4v) is 10.7. The highest BCUT2D eigenvalue weighted by Gasteiger charge is 2.67. The van der Waals surface area contributed by atoms with E-state index in [0.717, 1.165) is 32.1 Å². The highest BCUT2D eigenvalue weighted by atomic mass is 32.2. The molecule has 3 heterocycles. The maximum atomic E-state index is 15.0. The van der Waals surface area contributed by atoms with Crippen LogP contribution in [0.2, 0.25) is 0 Å². The van der Waals surface area contributed by atoms with Crippen molar-refractivity contribution in [3.05, 3.63) is 23.9 Å². The van der Waals surface area contributed by atoms with E-state index in [4.69, 9.17) is 24.2 Å². The number of alkyl halides is 2. The molecule has 1 aromatic heterocycles. The summed E-state index contributed by atoms with van der Waals surface area (Å²) in [6, 6.07) is 4.09. The summed E-state index contributed by atoms with van der Waals surface area (Å²) in [5.41, 5.74) is -1.59. The van der Waals surface area contributed by atoms with Crippen LogP contribution in [0.4, 0.5) is 8.78 Å². The Kier molecular flexibility index (Phi) is 11.3. The van der Waals surface area contributed by atoms with Crippen LogP contribution >= 0.6 is 0 Å². The van der Waals surface area contributed by atoms with Gasteiger partial charge in [0, 0.05) is 30.2 Å². The van der Waals surface area contributed by atoms with E-state index >= 15 is 0 Å². The second kappa shape index (κ2) is 15.5. The fourth-order valence-electron chi connectivity index (χ4n) is 9.41. The number of carbonyl (C=O) groups excluding carboxylic acids is 4. The van der Waals surface area contributed by atoms with Crippen LogP contribution in [0.3, 0.4) is 0 Å². The van der Waals surface area contributed by atoms with Gasteiger partial charge in [-0.05, 0) is 75.8 Å². The molecular weight excluding hydrogens is 787 g/mol. The minimum Gasteiger partial charge on any atom is -0.497 e. The lowest BCUT2D eigenvalue weighted by Crippen LogP contribution is -2.50. The van der Waals surface area contributed by atoms with Gasteiger partial charge in [-0.1, -0.05) is 47.5 Å². The molecule has 7 rings (SSSR count). The molecule has 13 nitrogen and oxygen atoms in total. The number of nitrogens with one attached hydrogen (secondary N) is 1. The molecule has 3 aliphatic carbocycles. The van der Waals surface area contributed by atoms with Crippen molar-refractivity contribution in [1.82, 2.24) is 19.6 Å². The molecule has 3 saturated carbocycles. The van der Waals surface area contributed by atoms with Crippen LogP contribution in [0.15, 0.2) is 18.2 Å². The molecule has 2 aromatic rings. The monoisotopic (exact) mass is 844 g/mol. The number of nitrogens with zero attached hydrogens (tertiary/aromatic N) is 3. The zero-order chi connectivity index (χ0) is 42.9. The number of hydrogen-bond acceptors (Lipinski definition) is 11. The Bertz CT molecular complexity index is 2120. The van der Waals surface area contributed by atoms with Gasteiger partial charge in [0.15, 0.2) is 5.78 Å². The summed E-state index contributed by atoms with van der Waals surface area (Å²) >= 11 is 0. The Morgan fingerprint density at radius 1 is 1.08 bits per heavy atom. The van der Waals surface area contributed by atoms with Crippen molar-refractivity contribution in [1.29, 1.82) is 0 Å². The van der Waals surface area contributed by atoms with Gasteiger partial charge in [0.05, 0.1) is 53.2 Å². The molecule has 1 saturated heterocycles. The zero-order valence-electron chi connectivity index (χ0n) is 35.1. The number of fused-ring (bicyclic) bond motifs is 5. The summed E-state index contributed by atoms with van der Waals surface area (Å²) in [6.45, 7) is 10.6. The second-order valence-corrected chi connectivity index (χ2v) is 21.3. The van der Waals surface area contributed by atoms with Crippen LogP contribution in [-0.2, 0) is 40.4 Å². The number of Topliss-reactive ketones (excluding diaryl/α,β-unsaturated/α-hetero) is 1. The Morgan fingerprint density at radius 2 is 1.81 bits per heavy atom. The molecule has 2 aliphatic heterocycles. The number of aryl methyl sites for hydroxylation is 1. The lowest BCUT2D eigenvalue weighted by molar-refractivity contribution is -0.159. The summed E-state index contributed by atoms with van der Waals surface area (Å²) in [4.78, 5) is 68.4. The number of ketones is 1. The molecule has 1 N–H and O–H groups in total. The van der Waals surface area contributed by atoms with Crippen LogP contribution in [-0.4, -0.2) is 89.4 Å². The molecule has 4 fully saturated rings. The van der Waals surface area contributed by atoms with E-state index in [1.807, 2.05) is 38.5 Å². The summed E-state index contributed by atoms with van der Waals surface area (Å²) < 4.78 is 74.1. The third kappa shape index (κ3) is 8.27. The molecule has 1 aromatic carbocycles. The first kappa shape index (κ1) is 43.1. The number of sulfonamides is 1. The SMILES string of the molecule is CC[C@]12C[C@@H]1CCCCCc1nc3ccc(OC)cc3nc1O[C@H]1CN(C(=O)[C@H](C(C)(C)C)CC(=O)O2)[C@H](C(=O)C[C@]2(C(=O)NS(=O)(=O)C3(C)CC3)C[C@H]2C(F)F)[C@@H]1C. The molecular formula is C43H58F2N4O9S. The van der Waals surface area contributed by atoms with Crippen LogP contribution in [0.25, 0.3) is 11.0 Å². The minimum atomic E-state index is -4.20. The third-order valence-corrected chi connectivity index (χ3v) is 16.2. The number of methoxy groups -OCH3 is 1. The van der Waals surface area contributed by atoms with Gasteiger partial charge in [0.25, 0.3) is 0 Å². The maximum Gasteiger partial charge on any atom is 0.307 e. The van der Waals surface area contributed by atoms with Crippen LogP contribution < -0.4 is 14.2 Å². The first-order valence-electron chi connectivity index (χ1n) is 21.1. The molecule has 59 heavy (non-hydrogen) atoms. The van der Waals surface area contributed by atoms with Crippen molar-refractivity contribution in [2.45, 2.75) is 148 Å². The molecule has 16 heteroatoms. The van der Waals surface area contributed by atoms with Gasteiger partial charge < -0.3 is 19.1 Å². The lowest BCUT2D eigenvalue weighted by atomic mass is 9.77. The summed E-state index contributed by atoms with van der Waals surface area (Å²) in [5.74, 6) is -5.05. The number of aromatic nitrogens is 2. The summed E-state index contributed by atoms with van der Waals surface area (Å²) in [5, 5.41) is 0. The van der Waals surface area contributed by atoms with Gasteiger partial charge in [0.1, 0.15) is 23.1 Å². The molecule has 2 bridgehead atoms. The highest BCUT2D eigenvalue weighted by Crippen LogP contribution is 2.59. The second-order valence-electron chi connectivity index (χ2n) is 19.1. The van der Waals surface area contributed by atoms with Crippen molar-refractivity contribution in [3.63, 3.8) is 0 Å². The first-order valence-corrected chi connectivity index (χ1v) is 22.6. The van der Waals surface area contributed by atoms with Crippen molar-refractivity contribution in [2.24, 2.45) is 34.5 Å². The zero-order valence-corrected chi connectivity index (χ0v) is 36.0. The number of halogens is 2. The maximum absolute atomic E-state index is 15.0. The number of benzene rings is 1. The van der Waals surface area contributed by atoms with Crippen molar-refractivity contribution >= 4 is 44.6 Å². The highest BCUT2D eigenvalue weighted by molar-refractivity contribution is 7.91. The molecule has 0 unspecified atom stereocenters. The van der Waals surface area contributed by atoms with E-state index in [2.05, 4.69) is 0 Å². The van der Waals surface area contributed by atoms with Crippen LogP contribution in [0.5, 0.6) is 11.6 Å². The standard InChI is InChI=1S/C43H58F2N4O9S/c1-8-43-20-25(43)12-10-9-11-13-30-37(47-31-18-26(56-7)14-15-29(31)46-30)57-33-23-49(38(52)27(40(3,4)5)19-34(51)58-43)35(24(33)2)32(50)22-42(21-28(42)36(44)45)39(53)48-59(54,55)41(6)16-17-41/h14-15,18,24-25,27-28,33,35-36H,8-13,16-17,19-23H2,1-7H3,(H,48,53)/t24-,25+,27-,28+,33+,35+,42-,43+/m1/s1. The van der Waals surface area contributed by atoms with E-state index < -0.39 is 97.5 Å². The van der Waals surface area contributed by atoms with E-state index in [0.29, 0.717) is 48.2 Å². The van der Waals surface area contributed by atoms with Gasteiger partial charge in [0.2, 0.25) is 34.1 Å². The van der Waals surface area contributed by atoms with E-state index in [-0.39, 0.29) is 31.2 Å². The molecule has 0 radical (unpaired) electrons. The Balaban J connectivity index is 1.26. The average Bonchev–Trinajstić information content (AvgIpc) is 4.12. The van der Waals surface area contributed by atoms with E-state index in [9.17, 15) is 36.4 Å². The van der Waals surface area contributed by atoms with Gasteiger partial charge >= 0.3 is 5.97 Å². The number of amides is 2. The fraction of sp³-hybridized carbons (Fsp3) is 0.721. The predicted molar refractivity (Wildman–Crippen MR) is 213 cm³/mol. The molecule has 2 amide bonds. The van der Waals surface area contributed by atoms with Gasteiger partial charge in [-0.2, -0.15) is 0 Å². The number of hydrogen-bond donors (Lipinski definition) is 1. The topological polar surface area (TPSA) is 171 Å². The largest absolute Gasteiger partial charge is 0.497 e. The first-order chi connectivity index (χ1) is 27.7. The minimum absolute atomic E-state index is 0.111. The Morgan fingerprint density at radius 3 is 2.44 bits per heavy atom. The van der Waals surface area contributed by atoms with Crippen LogP contribution in [0.1, 0.15) is 118 Å². The number of ether oxygens (including phenoxy) is 3. The van der Waals surface area contributed by atoms with Gasteiger partial charge in [-0.25, -0.2) is 27.2 Å². The van der Waals surface area contributed by atoms with E-state index in [1.165, 1.54) is 11.8 Å². The van der Waals surface area contributed by atoms with Crippen molar-refractivity contribution in [2.75, 3.05) is 13.7 Å². The molecule has 0 spiro atoms. The lowest BCUT2D eigenvalue weighted by Gasteiger charge is -2.35. The van der Waals surface area contributed by atoms with E-state index in [1.54, 1.807) is 26.2 Å². The van der Waals surface area contributed by atoms with Crippen LogP contribution in [0, 0.1) is 34.5 Å². The number of carbonyl (C=O) groups is 4. The quantitative estimate of drug-likeness (QED) is 0.279. The summed E-state index contributed by atoms with van der Waals surface area (Å²) in [6.07, 6.45) is 0.887. The van der Waals surface area contributed by atoms with Crippen molar-refractivity contribution in [3.8, 4) is 11.6 Å². The van der Waals surface area contributed by atoms with Gasteiger partial charge in [-0.15, -0.1) is 0 Å². The average molecular weight is 845 g/mol. The summed E-state index contributed by atoms with van der Waals surface area (Å²) in [7, 11) is -2.65. The third-order valence-electron chi connectivity index (χ3n) is 14.1. The smallest absolute Gasteiger partial charge is 0.307 e. The predicted octanol–water partition coefficient (Wildman–Crippen LogP) is 6.34. The molecule has 324 valence electrons. The van der Waals surface area contributed by atoms with Crippen molar-refractivity contribution < 1.29 is 50.6 Å². The normalized spacial score (nSPS) is 32.2. The Hall–Kier alpha value is -3.95. The number of esters is 1. The molecule has 8 atom stereocenters. The van der Waals surface area contributed by atoms with Gasteiger partial charge in [-0.3, -0.25) is 23.9 Å². The Labute approximate surface area is 345 Å². The molecule has 5 aliphatic rings.